The van der Waals surface area contributed by atoms with Gasteiger partial charge in [0.15, 0.2) is 0 Å². The zero-order chi connectivity index (χ0) is 16.1. The lowest BCUT2D eigenvalue weighted by Crippen LogP contribution is -2.36. The fraction of sp³-hybridized carbons (Fsp3) is 0.278. The van der Waals surface area contributed by atoms with Crippen LogP contribution in [0.5, 0.6) is 0 Å². The lowest BCUT2D eigenvalue weighted by molar-refractivity contribution is -0.127. The van der Waals surface area contributed by atoms with Crippen molar-refractivity contribution in [2.45, 2.75) is 18.8 Å². The summed E-state index contributed by atoms with van der Waals surface area (Å²) < 4.78 is 0. The molecule has 5 nitrogen and oxygen atoms in total. The van der Waals surface area contributed by atoms with Crippen molar-refractivity contribution < 1.29 is 4.79 Å². The Hall–Kier alpha value is -2.69. The molecule has 3 rings (SSSR count). The Labute approximate surface area is 136 Å². The molecule has 5 heteroatoms. The van der Waals surface area contributed by atoms with Gasteiger partial charge in [-0.25, -0.2) is 4.98 Å². The quantitative estimate of drug-likeness (QED) is 0.882. The maximum absolute atomic E-state index is 11.6. The van der Waals surface area contributed by atoms with E-state index in [4.69, 9.17) is 4.98 Å². The first-order chi connectivity index (χ1) is 11.3. The van der Waals surface area contributed by atoms with Crippen LogP contribution >= 0.6 is 0 Å². The van der Waals surface area contributed by atoms with Crippen molar-refractivity contribution in [1.82, 2.24) is 14.9 Å². The van der Waals surface area contributed by atoms with Gasteiger partial charge in [-0.15, -0.1) is 0 Å². The van der Waals surface area contributed by atoms with E-state index in [1.165, 1.54) is 6.08 Å². The molecule has 0 saturated carbocycles. The molecule has 0 aromatic carbocycles. The van der Waals surface area contributed by atoms with Gasteiger partial charge in [0.05, 0.1) is 11.9 Å². The van der Waals surface area contributed by atoms with Crippen molar-refractivity contribution in [1.29, 1.82) is 0 Å². The van der Waals surface area contributed by atoms with E-state index in [1.54, 1.807) is 12.4 Å². The summed E-state index contributed by atoms with van der Waals surface area (Å²) in [5, 5.41) is 3.27. The van der Waals surface area contributed by atoms with Crippen molar-refractivity contribution in [2.75, 3.05) is 18.4 Å². The number of hydrogen-bond donors (Lipinski definition) is 1. The fourth-order valence-corrected chi connectivity index (χ4v) is 2.86. The van der Waals surface area contributed by atoms with E-state index in [0.717, 1.165) is 43.1 Å². The molecule has 1 saturated heterocycles. The second-order valence-corrected chi connectivity index (χ2v) is 5.62. The average molecular weight is 308 g/mol. The molecule has 0 atom stereocenters. The molecule has 118 valence electrons. The summed E-state index contributed by atoms with van der Waals surface area (Å²) >= 11 is 0. The Morgan fingerprint density at radius 1 is 1.26 bits per heavy atom. The number of nitrogens with zero attached hydrogens (tertiary/aromatic N) is 3. The Morgan fingerprint density at radius 2 is 2.09 bits per heavy atom. The van der Waals surface area contributed by atoms with E-state index in [2.05, 4.69) is 22.9 Å². The van der Waals surface area contributed by atoms with Crippen molar-refractivity contribution in [2.24, 2.45) is 0 Å². The number of rotatable bonds is 4. The van der Waals surface area contributed by atoms with Gasteiger partial charge >= 0.3 is 0 Å². The smallest absolute Gasteiger partial charge is 0.245 e. The van der Waals surface area contributed by atoms with E-state index in [9.17, 15) is 4.79 Å². The van der Waals surface area contributed by atoms with Crippen molar-refractivity contribution in [3.63, 3.8) is 0 Å². The van der Waals surface area contributed by atoms with E-state index < -0.39 is 0 Å². The highest BCUT2D eigenvalue weighted by Gasteiger charge is 2.23. The minimum absolute atomic E-state index is 0.0170. The molecule has 0 bridgehead atoms. The topological polar surface area (TPSA) is 58.1 Å². The Bertz CT molecular complexity index is 678. The van der Waals surface area contributed by atoms with Gasteiger partial charge in [0.1, 0.15) is 5.82 Å². The number of pyridine rings is 2. The molecule has 2 aromatic rings. The minimum atomic E-state index is 0.0170. The van der Waals surface area contributed by atoms with Gasteiger partial charge in [0, 0.05) is 30.9 Å². The Balaban J connectivity index is 1.66. The van der Waals surface area contributed by atoms with Crippen LogP contribution in [0.2, 0.25) is 0 Å². The van der Waals surface area contributed by atoms with Crippen molar-refractivity contribution >= 4 is 17.4 Å². The summed E-state index contributed by atoms with van der Waals surface area (Å²) in [7, 11) is 0. The number of aromatic nitrogens is 2. The molecule has 0 unspecified atom stereocenters. The molecule has 3 heterocycles. The molecular weight excluding hydrogens is 288 g/mol. The summed E-state index contributed by atoms with van der Waals surface area (Å²) in [5.41, 5.74) is 1.99. The van der Waals surface area contributed by atoms with Gasteiger partial charge in [-0.1, -0.05) is 12.6 Å². The number of piperidine rings is 1. The highest BCUT2D eigenvalue weighted by molar-refractivity contribution is 5.87. The zero-order valence-corrected chi connectivity index (χ0v) is 13.0. The van der Waals surface area contributed by atoms with E-state index in [0.29, 0.717) is 5.92 Å². The van der Waals surface area contributed by atoms with Gasteiger partial charge in [-0.2, -0.15) is 0 Å². The molecular formula is C18H20N4O. The second kappa shape index (κ2) is 7.05. The van der Waals surface area contributed by atoms with Crippen LogP contribution in [0.25, 0.3) is 0 Å². The number of nitrogens with one attached hydrogen (secondary N) is 1. The molecule has 1 N–H and O–H groups in total. The van der Waals surface area contributed by atoms with Gasteiger partial charge in [-0.05, 0) is 43.2 Å². The molecule has 23 heavy (non-hydrogen) atoms. The summed E-state index contributed by atoms with van der Waals surface area (Å²) in [4.78, 5) is 22.3. The number of amides is 1. The molecule has 1 fully saturated rings. The number of carbonyl (C=O) groups is 1. The standard InChI is InChI=1S/C18H20N4O/c1-2-18(23)22-11-8-14(9-12-22)16-6-3-7-17(21-16)20-15-5-4-10-19-13-15/h2-7,10,13-14H,1,8-9,11-12H2,(H,20,21). The predicted octanol–water partition coefficient (Wildman–Crippen LogP) is 3.11. The first-order valence-corrected chi connectivity index (χ1v) is 7.81. The maximum Gasteiger partial charge on any atom is 0.245 e. The summed E-state index contributed by atoms with van der Waals surface area (Å²) in [6, 6.07) is 9.87. The lowest BCUT2D eigenvalue weighted by atomic mass is 9.93. The van der Waals surface area contributed by atoms with Crippen LogP contribution in [0.1, 0.15) is 24.5 Å². The van der Waals surface area contributed by atoms with Crippen LogP contribution in [-0.2, 0) is 4.79 Å². The van der Waals surface area contributed by atoms with Crippen LogP contribution in [0.4, 0.5) is 11.5 Å². The van der Waals surface area contributed by atoms with Crippen LogP contribution in [-0.4, -0.2) is 33.9 Å². The highest BCUT2D eigenvalue weighted by Crippen LogP contribution is 2.28. The maximum atomic E-state index is 11.6. The number of anilines is 2. The third-order valence-electron chi connectivity index (χ3n) is 4.10. The monoisotopic (exact) mass is 308 g/mol. The molecule has 1 amide bonds. The van der Waals surface area contributed by atoms with E-state index in [1.807, 2.05) is 29.2 Å². The van der Waals surface area contributed by atoms with Crippen LogP contribution in [0.15, 0.2) is 55.4 Å². The lowest BCUT2D eigenvalue weighted by Gasteiger charge is -2.31. The summed E-state index contributed by atoms with van der Waals surface area (Å²) in [5.74, 6) is 1.23. The van der Waals surface area contributed by atoms with Crippen LogP contribution < -0.4 is 5.32 Å². The Kier molecular flexibility index (Phi) is 4.66. The van der Waals surface area contributed by atoms with Crippen LogP contribution in [0, 0.1) is 0 Å². The summed E-state index contributed by atoms with van der Waals surface area (Å²) in [6.07, 6.45) is 6.77. The average Bonchev–Trinajstić information content (AvgIpc) is 2.62. The third-order valence-corrected chi connectivity index (χ3v) is 4.10. The number of likely N-dealkylation sites (tertiary alicyclic amines) is 1. The molecule has 0 spiro atoms. The first-order valence-electron chi connectivity index (χ1n) is 7.81. The van der Waals surface area contributed by atoms with Crippen LogP contribution in [0.3, 0.4) is 0 Å². The highest BCUT2D eigenvalue weighted by atomic mass is 16.2. The number of hydrogen-bond acceptors (Lipinski definition) is 4. The van der Waals surface area contributed by atoms with Crippen molar-refractivity contribution in [3.05, 3.63) is 61.1 Å². The molecule has 0 aliphatic carbocycles. The molecule has 2 aromatic heterocycles. The van der Waals surface area contributed by atoms with Gasteiger partial charge in [0.25, 0.3) is 0 Å². The van der Waals surface area contributed by atoms with E-state index in [-0.39, 0.29) is 5.91 Å². The van der Waals surface area contributed by atoms with Gasteiger partial charge < -0.3 is 10.2 Å². The Morgan fingerprint density at radius 3 is 2.78 bits per heavy atom. The first kappa shape index (κ1) is 15.2. The van der Waals surface area contributed by atoms with Crippen molar-refractivity contribution in [3.8, 4) is 0 Å². The normalized spacial score (nSPS) is 15.2. The second-order valence-electron chi connectivity index (χ2n) is 5.62. The molecule has 1 aliphatic rings. The summed E-state index contributed by atoms with van der Waals surface area (Å²) in [6.45, 7) is 5.07. The minimum Gasteiger partial charge on any atom is -0.339 e. The molecule has 0 radical (unpaired) electrons. The molecule has 1 aliphatic heterocycles. The SMILES string of the molecule is C=CC(=O)N1CCC(c2cccc(Nc3cccnc3)n2)CC1. The van der Waals surface area contributed by atoms with E-state index >= 15 is 0 Å². The fourth-order valence-electron chi connectivity index (χ4n) is 2.86. The largest absolute Gasteiger partial charge is 0.339 e. The third kappa shape index (κ3) is 3.74. The van der Waals surface area contributed by atoms with Gasteiger partial charge in [0.2, 0.25) is 5.91 Å². The predicted molar refractivity (Wildman–Crippen MR) is 90.5 cm³/mol. The zero-order valence-electron chi connectivity index (χ0n) is 13.0. The number of carbonyl (C=O) groups excluding carboxylic acids is 1. The van der Waals surface area contributed by atoms with Gasteiger partial charge in [-0.3, -0.25) is 9.78 Å².